The van der Waals surface area contributed by atoms with Crippen molar-refractivity contribution in [3.8, 4) is 5.75 Å². The maximum Gasteiger partial charge on any atom is 0.124 e. The van der Waals surface area contributed by atoms with Gasteiger partial charge in [-0.05, 0) is 18.2 Å². The van der Waals surface area contributed by atoms with Gasteiger partial charge in [0.1, 0.15) is 5.75 Å². The molecule has 0 fully saturated rings. The van der Waals surface area contributed by atoms with Gasteiger partial charge in [0, 0.05) is 43.3 Å². The zero-order valence-electron chi connectivity index (χ0n) is 11.3. The average Bonchev–Trinajstić information content (AvgIpc) is 2.43. The fourth-order valence-electron chi connectivity index (χ4n) is 2.25. The van der Waals surface area contributed by atoms with Gasteiger partial charge in [0.05, 0.1) is 19.3 Å². The Morgan fingerprint density at radius 1 is 1.47 bits per heavy atom. The third kappa shape index (κ3) is 3.92. The highest BCUT2D eigenvalue weighted by molar-refractivity contribution is 9.10. The van der Waals surface area contributed by atoms with Crippen LogP contribution in [0.3, 0.4) is 0 Å². The zero-order chi connectivity index (χ0) is 13.7. The molecule has 19 heavy (non-hydrogen) atoms. The number of nitrogens with one attached hydrogen (secondary N) is 1. The second kappa shape index (κ2) is 7.24. The van der Waals surface area contributed by atoms with Crippen molar-refractivity contribution in [2.75, 3.05) is 34.0 Å². The predicted molar refractivity (Wildman–Crippen MR) is 77.7 cm³/mol. The van der Waals surface area contributed by atoms with E-state index in [0.29, 0.717) is 12.6 Å². The molecule has 0 saturated heterocycles. The van der Waals surface area contributed by atoms with Gasteiger partial charge in [-0.25, -0.2) is 0 Å². The van der Waals surface area contributed by atoms with Crippen LogP contribution in [-0.4, -0.2) is 40.1 Å². The monoisotopic (exact) mass is 329 g/mol. The molecule has 2 rings (SSSR count). The van der Waals surface area contributed by atoms with Gasteiger partial charge in [0.15, 0.2) is 0 Å². The molecule has 0 spiro atoms. The molecule has 1 aromatic rings. The molecule has 1 aromatic carbocycles. The first-order chi connectivity index (χ1) is 9.24. The molecule has 1 heterocycles. The lowest BCUT2D eigenvalue weighted by molar-refractivity contribution is 0.0265. The maximum atomic E-state index is 5.67. The predicted octanol–water partition coefficient (Wildman–Crippen LogP) is 2.52. The van der Waals surface area contributed by atoms with Gasteiger partial charge >= 0.3 is 0 Å². The van der Waals surface area contributed by atoms with Crippen molar-refractivity contribution in [3.63, 3.8) is 0 Å². The van der Waals surface area contributed by atoms with Crippen LogP contribution in [0.15, 0.2) is 22.7 Å². The minimum absolute atomic E-state index is 0.0726. The zero-order valence-corrected chi connectivity index (χ0v) is 12.9. The van der Waals surface area contributed by atoms with Gasteiger partial charge in [-0.1, -0.05) is 15.9 Å². The number of hydrogen-bond donors (Lipinski definition) is 1. The van der Waals surface area contributed by atoms with E-state index in [-0.39, 0.29) is 6.10 Å². The average molecular weight is 330 g/mol. The van der Waals surface area contributed by atoms with E-state index in [9.17, 15) is 0 Å². The number of hydrogen-bond acceptors (Lipinski definition) is 4. The first kappa shape index (κ1) is 14.8. The summed E-state index contributed by atoms with van der Waals surface area (Å²) in [6.45, 7) is 2.10. The van der Waals surface area contributed by atoms with Crippen molar-refractivity contribution in [1.29, 1.82) is 0 Å². The lowest BCUT2D eigenvalue weighted by atomic mass is 10.0. The van der Waals surface area contributed by atoms with E-state index >= 15 is 0 Å². The Labute approximate surface area is 122 Å². The molecular weight excluding hydrogens is 310 g/mol. The van der Waals surface area contributed by atoms with Gasteiger partial charge in [-0.15, -0.1) is 0 Å². The molecule has 1 aliphatic heterocycles. The Bertz CT molecular complexity index is 414. The molecule has 0 aromatic heterocycles. The number of benzene rings is 1. The van der Waals surface area contributed by atoms with Crippen molar-refractivity contribution < 1.29 is 14.2 Å². The summed E-state index contributed by atoms with van der Waals surface area (Å²) >= 11 is 3.51. The first-order valence-corrected chi connectivity index (χ1v) is 7.21. The summed E-state index contributed by atoms with van der Waals surface area (Å²) in [4.78, 5) is 0. The van der Waals surface area contributed by atoms with E-state index in [4.69, 9.17) is 14.2 Å². The second-order valence-electron chi connectivity index (χ2n) is 4.59. The number of fused-ring (bicyclic) bond motifs is 1. The van der Waals surface area contributed by atoms with Crippen LogP contribution in [0.2, 0.25) is 0 Å². The van der Waals surface area contributed by atoms with Crippen molar-refractivity contribution in [2.24, 2.45) is 0 Å². The van der Waals surface area contributed by atoms with Crippen LogP contribution in [0.4, 0.5) is 0 Å². The third-order valence-corrected chi connectivity index (χ3v) is 3.78. The SMILES string of the molecule is COCC(CNC1CCOc2ccc(Br)cc21)OC. The summed E-state index contributed by atoms with van der Waals surface area (Å²) in [5.41, 5.74) is 1.20. The molecule has 2 atom stereocenters. The smallest absolute Gasteiger partial charge is 0.124 e. The summed E-state index contributed by atoms with van der Waals surface area (Å²) in [5.74, 6) is 0.965. The summed E-state index contributed by atoms with van der Waals surface area (Å²) in [5, 5.41) is 3.54. The maximum absolute atomic E-state index is 5.67. The van der Waals surface area contributed by atoms with Crippen LogP contribution in [-0.2, 0) is 9.47 Å². The van der Waals surface area contributed by atoms with E-state index in [2.05, 4.69) is 27.3 Å². The van der Waals surface area contributed by atoms with E-state index in [1.54, 1.807) is 14.2 Å². The van der Waals surface area contributed by atoms with Crippen LogP contribution in [0.25, 0.3) is 0 Å². The Hall–Kier alpha value is -0.620. The molecule has 2 unspecified atom stereocenters. The van der Waals surface area contributed by atoms with Gasteiger partial charge < -0.3 is 19.5 Å². The molecular formula is C14H20BrNO3. The van der Waals surface area contributed by atoms with E-state index in [1.165, 1.54) is 5.56 Å². The number of rotatable bonds is 6. The summed E-state index contributed by atoms with van der Waals surface area (Å²) < 4.78 is 17.2. The largest absolute Gasteiger partial charge is 0.493 e. The minimum atomic E-state index is 0.0726. The first-order valence-electron chi connectivity index (χ1n) is 6.42. The highest BCUT2D eigenvalue weighted by Gasteiger charge is 2.22. The van der Waals surface area contributed by atoms with E-state index < -0.39 is 0 Å². The molecule has 4 nitrogen and oxygen atoms in total. The lowest BCUT2D eigenvalue weighted by Gasteiger charge is -2.28. The molecule has 0 bridgehead atoms. The standard InChI is InChI=1S/C14H20BrNO3/c1-17-9-11(18-2)8-16-13-5-6-19-14-4-3-10(15)7-12(13)14/h3-4,7,11,13,16H,5-6,8-9H2,1-2H3. The normalized spacial score (nSPS) is 19.6. The molecule has 106 valence electrons. The lowest BCUT2D eigenvalue weighted by Crippen LogP contribution is -2.36. The fraction of sp³-hybridized carbons (Fsp3) is 0.571. The van der Waals surface area contributed by atoms with Crippen LogP contribution in [0.5, 0.6) is 5.75 Å². The Balaban J connectivity index is 2.00. The number of methoxy groups -OCH3 is 2. The Morgan fingerprint density at radius 3 is 3.05 bits per heavy atom. The van der Waals surface area contributed by atoms with Crippen molar-refractivity contribution in [1.82, 2.24) is 5.32 Å². The molecule has 5 heteroatoms. The minimum Gasteiger partial charge on any atom is -0.493 e. The topological polar surface area (TPSA) is 39.7 Å². The highest BCUT2D eigenvalue weighted by atomic mass is 79.9. The molecule has 1 N–H and O–H groups in total. The van der Waals surface area contributed by atoms with Gasteiger partial charge in [0.2, 0.25) is 0 Å². The second-order valence-corrected chi connectivity index (χ2v) is 5.51. The Morgan fingerprint density at radius 2 is 2.32 bits per heavy atom. The molecule has 0 radical (unpaired) electrons. The summed E-state index contributed by atoms with van der Waals surface area (Å²) in [6, 6.07) is 6.43. The van der Waals surface area contributed by atoms with Crippen molar-refractivity contribution in [3.05, 3.63) is 28.2 Å². The third-order valence-electron chi connectivity index (χ3n) is 3.29. The summed E-state index contributed by atoms with van der Waals surface area (Å²) in [7, 11) is 3.40. The highest BCUT2D eigenvalue weighted by Crippen LogP contribution is 2.33. The molecule has 0 saturated carbocycles. The van der Waals surface area contributed by atoms with E-state index in [1.807, 2.05) is 12.1 Å². The number of ether oxygens (including phenoxy) is 3. The van der Waals surface area contributed by atoms with Crippen molar-refractivity contribution >= 4 is 15.9 Å². The van der Waals surface area contributed by atoms with Crippen molar-refractivity contribution in [2.45, 2.75) is 18.6 Å². The van der Waals surface area contributed by atoms with Gasteiger partial charge in [-0.3, -0.25) is 0 Å². The molecule has 0 aliphatic carbocycles. The molecule has 0 amide bonds. The Kier molecular flexibility index (Phi) is 5.63. The van der Waals surface area contributed by atoms with E-state index in [0.717, 1.165) is 29.8 Å². The van der Waals surface area contributed by atoms with Gasteiger partial charge in [-0.2, -0.15) is 0 Å². The quantitative estimate of drug-likeness (QED) is 0.870. The van der Waals surface area contributed by atoms with Crippen LogP contribution in [0, 0.1) is 0 Å². The van der Waals surface area contributed by atoms with Crippen LogP contribution in [0.1, 0.15) is 18.0 Å². The van der Waals surface area contributed by atoms with Crippen LogP contribution < -0.4 is 10.1 Å². The fourth-order valence-corrected chi connectivity index (χ4v) is 2.63. The molecule has 1 aliphatic rings. The number of halogens is 1. The van der Waals surface area contributed by atoms with Gasteiger partial charge in [0.25, 0.3) is 0 Å². The summed E-state index contributed by atoms with van der Waals surface area (Å²) in [6.07, 6.45) is 1.04. The van der Waals surface area contributed by atoms with Crippen LogP contribution >= 0.6 is 15.9 Å².